The molecule has 0 bridgehead atoms. The lowest BCUT2D eigenvalue weighted by Gasteiger charge is -2.49. The van der Waals surface area contributed by atoms with Crippen molar-refractivity contribution >= 4 is 10.9 Å². The summed E-state index contributed by atoms with van der Waals surface area (Å²) in [5.41, 5.74) is 0.809. The number of nitrogens with one attached hydrogen (secondary N) is 1. The van der Waals surface area contributed by atoms with Gasteiger partial charge in [0.2, 0.25) is 0 Å². The summed E-state index contributed by atoms with van der Waals surface area (Å²) in [6, 6.07) is 8.94. The SMILES string of the molecule is C[C@@H]1Cc2c([nH]c3ccccc23)[C@@H](c2c(F)cc(OC3CN(C4CC(F)(F)C4)C3)cc2F)N1CC(C)(C)F. The maximum Gasteiger partial charge on any atom is 0.251 e. The van der Waals surface area contributed by atoms with Crippen LogP contribution in [0.5, 0.6) is 5.75 Å². The minimum absolute atomic E-state index is 0.00287. The van der Waals surface area contributed by atoms with Crippen LogP contribution in [0.1, 0.15) is 56.5 Å². The van der Waals surface area contributed by atoms with Gasteiger partial charge in [-0.15, -0.1) is 0 Å². The van der Waals surface area contributed by atoms with Crippen LogP contribution in [0.25, 0.3) is 10.9 Å². The number of aromatic amines is 1. The molecule has 6 rings (SSSR count). The Morgan fingerprint density at radius 3 is 2.37 bits per heavy atom. The van der Waals surface area contributed by atoms with Crippen molar-refractivity contribution in [3.63, 3.8) is 0 Å². The Balaban J connectivity index is 1.30. The van der Waals surface area contributed by atoms with E-state index in [-0.39, 0.29) is 48.9 Å². The van der Waals surface area contributed by atoms with E-state index in [9.17, 15) is 13.2 Å². The molecule has 1 aliphatic carbocycles. The molecule has 1 saturated carbocycles. The van der Waals surface area contributed by atoms with E-state index in [0.717, 1.165) is 16.5 Å². The maximum atomic E-state index is 15.8. The van der Waals surface area contributed by atoms with Gasteiger partial charge in [-0.2, -0.15) is 0 Å². The Morgan fingerprint density at radius 2 is 1.74 bits per heavy atom. The standard InChI is InChI=1S/C29H32F5N3O/c1-16-8-21-20-6-4-5-7-24(20)35-26(21)27(37(16)15-28(2,3)32)25-22(30)9-18(10-23(25)31)38-19-13-36(14-19)17-11-29(33,34)12-17/h4-7,9-10,16-17,19,27,35H,8,11-15H2,1-3H3/t16-,27-/m1/s1. The zero-order valence-electron chi connectivity index (χ0n) is 21.7. The summed E-state index contributed by atoms with van der Waals surface area (Å²) in [6.07, 6.45) is 0.00744. The molecule has 2 atom stereocenters. The van der Waals surface area contributed by atoms with E-state index in [0.29, 0.717) is 25.2 Å². The summed E-state index contributed by atoms with van der Waals surface area (Å²) in [5.74, 6) is -4.06. The highest BCUT2D eigenvalue weighted by Gasteiger charge is 2.50. The number of rotatable bonds is 6. The first-order valence-electron chi connectivity index (χ1n) is 13.2. The monoisotopic (exact) mass is 533 g/mol. The molecule has 0 radical (unpaired) electrons. The summed E-state index contributed by atoms with van der Waals surface area (Å²) in [6.45, 7) is 5.79. The predicted molar refractivity (Wildman–Crippen MR) is 136 cm³/mol. The van der Waals surface area contributed by atoms with Crippen molar-refractivity contribution < 1.29 is 26.7 Å². The first-order valence-corrected chi connectivity index (χ1v) is 13.2. The highest BCUT2D eigenvalue weighted by atomic mass is 19.3. The molecular weight excluding hydrogens is 501 g/mol. The first-order chi connectivity index (χ1) is 17.9. The van der Waals surface area contributed by atoms with Crippen LogP contribution in [0.15, 0.2) is 36.4 Å². The minimum atomic E-state index is -2.59. The smallest absolute Gasteiger partial charge is 0.251 e. The number of para-hydroxylation sites is 1. The van der Waals surface area contributed by atoms with Crippen LogP contribution in [0.2, 0.25) is 0 Å². The number of nitrogens with zero attached hydrogens (tertiary/aromatic N) is 2. The molecule has 0 amide bonds. The van der Waals surface area contributed by atoms with Gasteiger partial charge in [-0.25, -0.2) is 22.0 Å². The second-order valence-corrected chi connectivity index (χ2v) is 11.8. The molecule has 1 saturated heterocycles. The molecule has 2 fully saturated rings. The normalized spacial score (nSPS) is 24.7. The summed E-state index contributed by atoms with van der Waals surface area (Å²) in [4.78, 5) is 7.11. The zero-order chi connectivity index (χ0) is 27.0. The fourth-order valence-corrected chi connectivity index (χ4v) is 6.31. The van der Waals surface area contributed by atoms with Crippen molar-refractivity contribution in [2.24, 2.45) is 0 Å². The molecule has 38 heavy (non-hydrogen) atoms. The lowest BCUT2D eigenvalue weighted by molar-refractivity contribution is -0.151. The lowest BCUT2D eigenvalue weighted by atomic mass is 9.85. The van der Waals surface area contributed by atoms with Gasteiger partial charge in [0.15, 0.2) is 0 Å². The van der Waals surface area contributed by atoms with Crippen molar-refractivity contribution in [2.75, 3.05) is 19.6 Å². The van der Waals surface area contributed by atoms with Crippen molar-refractivity contribution in [1.82, 2.24) is 14.8 Å². The number of ether oxygens (including phenoxy) is 1. The lowest BCUT2D eigenvalue weighted by Crippen LogP contribution is -2.63. The van der Waals surface area contributed by atoms with Crippen molar-refractivity contribution in [2.45, 2.75) is 75.9 Å². The fourth-order valence-electron chi connectivity index (χ4n) is 6.31. The maximum absolute atomic E-state index is 15.8. The molecule has 2 aliphatic heterocycles. The minimum Gasteiger partial charge on any atom is -0.488 e. The average Bonchev–Trinajstić information content (AvgIpc) is 3.13. The number of halogens is 5. The van der Waals surface area contributed by atoms with Crippen LogP contribution < -0.4 is 4.74 Å². The van der Waals surface area contributed by atoms with Gasteiger partial charge in [0.25, 0.3) is 5.92 Å². The van der Waals surface area contributed by atoms with E-state index in [2.05, 4.69) is 4.98 Å². The Morgan fingerprint density at radius 1 is 1.08 bits per heavy atom. The van der Waals surface area contributed by atoms with E-state index < -0.39 is 29.3 Å². The van der Waals surface area contributed by atoms with E-state index in [1.54, 1.807) is 0 Å². The number of H-pyrrole nitrogens is 1. The molecule has 0 spiro atoms. The van der Waals surface area contributed by atoms with Crippen molar-refractivity contribution in [1.29, 1.82) is 0 Å². The molecule has 3 aliphatic rings. The average molecular weight is 534 g/mol. The van der Waals surface area contributed by atoms with Crippen LogP contribution in [0.3, 0.4) is 0 Å². The van der Waals surface area contributed by atoms with Gasteiger partial charge in [0, 0.05) is 78.9 Å². The molecule has 3 heterocycles. The number of hydrogen-bond donors (Lipinski definition) is 1. The van der Waals surface area contributed by atoms with E-state index in [4.69, 9.17) is 4.74 Å². The highest BCUT2D eigenvalue weighted by Crippen LogP contribution is 2.45. The fraction of sp³-hybridized carbons (Fsp3) is 0.517. The van der Waals surface area contributed by atoms with Crippen molar-refractivity contribution in [3.05, 3.63) is 64.9 Å². The summed E-state index contributed by atoms with van der Waals surface area (Å²) >= 11 is 0. The summed E-state index contributed by atoms with van der Waals surface area (Å²) < 4.78 is 78.6. The third-order valence-corrected chi connectivity index (χ3v) is 8.17. The zero-order valence-corrected chi connectivity index (χ0v) is 21.7. The molecule has 3 aromatic rings. The molecule has 4 nitrogen and oxygen atoms in total. The van der Waals surface area contributed by atoms with Gasteiger partial charge in [0.05, 0.1) is 6.04 Å². The van der Waals surface area contributed by atoms with E-state index in [1.165, 1.54) is 26.0 Å². The van der Waals surface area contributed by atoms with Gasteiger partial charge in [0.1, 0.15) is 29.2 Å². The highest BCUT2D eigenvalue weighted by molar-refractivity contribution is 5.85. The summed E-state index contributed by atoms with van der Waals surface area (Å²) in [7, 11) is 0. The quantitative estimate of drug-likeness (QED) is 0.373. The largest absolute Gasteiger partial charge is 0.488 e. The van der Waals surface area contributed by atoms with Crippen LogP contribution in [-0.4, -0.2) is 64.2 Å². The van der Waals surface area contributed by atoms with Gasteiger partial charge in [-0.3, -0.25) is 9.80 Å². The number of alkyl halides is 3. The first kappa shape index (κ1) is 25.6. The Kier molecular flexibility index (Phi) is 6.03. The molecule has 0 unspecified atom stereocenters. The van der Waals surface area contributed by atoms with Crippen molar-refractivity contribution in [3.8, 4) is 5.75 Å². The van der Waals surface area contributed by atoms with Gasteiger partial charge >= 0.3 is 0 Å². The number of likely N-dealkylation sites (tertiary alicyclic amines) is 1. The molecule has 1 N–H and O–H groups in total. The Labute approximate surface area is 218 Å². The van der Waals surface area contributed by atoms with Gasteiger partial charge in [-0.1, -0.05) is 18.2 Å². The Bertz CT molecular complexity index is 1330. The van der Waals surface area contributed by atoms with Gasteiger partial charge < -0.3 is 9.72 Å². The summed E-state index contributed by atoms with van der Waals surface area (Å²) in [5, 5.41) is 0.998. The number of hydrogen-bond acceptors (Lipinski definition) is 3. The molecule has 1 aromatic heterocycles. The second kappa shape index (κ2) is 8.95. The van der Waals surface area contributed by atoms with Crippen LogP contribution in [0, 0.1) is 11.6 Å². The van der Waals surface area contributed by atoms with Gasteiger partial charge in [-0.05, 0) is 38.8 Å². The number of aromatic nitrogens is 1. The van der Waals surface area contributed by atoms with E-state index in [1.807, 2.05) is 41.0 Å². The molecule has 204 valence electrons. The third-order valence-electron chi connectivity index (χ3n) is 8.17. The molecule has 9 heteroatoms. The number of fused-ring (bicyclic) bond motifs is 3. The number of benzene rings is 2. The molecular formula is C29H32F5N3O. The van der Waals surface area contributed by atoms with E-state index >= 15 is 8.78 Å². The molecule has 2 aromatic carbocycles. The topological polar surface area (TPSA) is 31.5 Å². The predicted octanol–water partition coefficient (Wildman–Crippen LogP) is 6.39. The second-order valence-electron chi connectivity index (χ2n) is 11.8. The Hall–Kier alpha value is -2.65. The van der Waals surface area contributed by atoms with Crippen LogP contribution in [-0.2, 0) is 6.42 Å². The third kappa shape index (κ3) is 4.57. The van der Waals surface area contributed by atoms with Crippen LogP contribution >= 0.6 is 0 Å². The van der Waals surface area contributed by atoms with Crippen LogP contribution in [0.4, 0.5) is 22.0 Å².